The molecule has 0 bridgehead atoms. The second-order valence-electron chi connectivity index (χ2n) is 5.55. The highest BCUT2D eigenvalue weighted by Crippen LogP contribution is 2.19. The molecule has 2 aromatic carbocycles. The number of aryl methyl sites for hydroxylation is 1. The van der Waals surface area contributed by atoms with Crippen molar-refractivity contribution in [1.82, 2.24) is 4.90 Å². The number of ether oxygens (including phenoxy) is 1. The smallest absolute Gasteiger partial charge is 0.238 e. The van der Waals surface area contributed by atoms with E-state index in [2.05, 4.69) is 21.2 Å². The highest BCUT2D eigenvalue weighted by molar-refractivity contribution is 9.10. The van der Waals surface area contributed by atoms with Gasteiger partial charge in [0.05, 0.1) is 6.54 Å². The molecular weight excluding hydrogens is 375 g/mol. The lowest BCUT2D eigenvalue weighted by Gasteiger charge is -2.17. The Bertz CT molecular complexity index is 692. The molecule has 0 saturated heterocycles. The van der Waals surface area contributed by atoms with Crippen LogP contribution in [0.25, 0.3) is 0 Å². The Hall–Kier alpha value is -1.92. The van der Waals surface area contributed by atoms with Crippen molar-refractivity contribution in [1.29, 1.82) is 0 Å². The summed E-state index contributed by atoms with van der Waals surface area (Å²) in [6.07, 6.45) is 0. The molecule has 0 spiro atoms. The predicted octanol–water partition coefficient (Wildman–Crippen LogP) is 3.85. The van der Waals surface area contributed by atoms with Crippen LogP contribution < -0.4 is 10.1 Å². The van der Waals surface area contributed by atoms with Gasteiger partial charge in [-0.15, -0.1) is 0 Å². The Balaban J connectivity index is 1.74. The van der Waals surface area contributed by atoms with E-state index in [9.17, 15) is 9.18 Å². The molecule has 24 heavy (non-hydrogen) atoms. The van der Waals surface area contributed by atoms with E-state index < -0.39 is 0 Å². The molecule has 0 heterocycles. The first-order valence-corrected chi connectivity index (χ1v) is 8.36. The molecule has 0 aromatic heterocycles. The van der Waals surface area contributed by atoms with E-state index in [1.807, 2.05) is 37.1 Å². The SMILES string of the molecule is Cc1cc(Br)ccc1NC(=O)CN(C)CCOc1ccc(F)cc1. The van der Waals surface area contributed by atoms with E-state index >= 15 is 0 Å². The molecule has 0 radical (unpaired) electrons. The number of likely N-dealkylation sites (N-methyl/N-ethyl adjacent to an activating group) is 1. The largest absolute Gasteiger partial charge is 0.492 e. The molecule has 1 N–H and O–H groups in total. The maximum Gasteiger partial charge on any atom is 0.238 e. The maximum absolute atomic E-state index is 12.8. The topological polar surface area (TPSA) is 41.6 Å². The summed E-state index contributed by atoms with van der Waals surface area (Å²) in [6, 6.07) is 11.6. The van der Waals surface area contributed by atoms with E-state index in [1.54, 1.807) is 12.1 Å². The van der Waals surface area contributed by atoms with Crippen molar-refractivity contribution in [3.05, 3.63) is 58.3 Å². The standard InChI is InChI=1S/C18H20BrFN2O2/c1-13-11-14(19)3-8-17(13)21-18(23)12-22(2)9-10-24-16-6-4-15(20)5-7-16/h3-8,11H,9-10,12H2,1-2H3,(H,21,23). The molecule has 6 heteroatoms. The molecular formula is C18H20BrFN2O2. The number of benzene rings is 2. The third-order valence-electron chi connectivity index (χ3n) is 3.43. The van der Waals surface area contributed by atoms with Gasteiger partial charge in [0.2, 0.25) is 5.91 Å². The molecule has 0 saturated carbocycles. The van der Waals surface area contributed by atoms with Gasteiger partial charge in [0.25, 0.3) is 0 Å². The average Bonchev–Trinajstić information content (AvgIpc) is 2.52. The lowest BCUT2D eigenvalue weighted by Crippen LogP contribution is -2.33. The number of hydrogen-bond acceptors (Lipinski definition) is 3. The molecule has 0 atom stereocenters. The fourth-order valence-electron chi connectivity index (χ4n) is 2.13. The minimum atomic E-state index is -0.292. The molecule has 1 amide bonds. The number of carbonyl (C=O) groups excluding carboxylic acids is 1. The van der Waals surface area contributed by atoms with Crippen LogP contribution in [0.4, 0.5) is 10.1 Å². The lowest BCUT2D eigenvalue weighted by molar-refractivity contribution is -0.117. The molecule has 0 aliphatic heterocycles. The Morgan fingerprint density at radius 3 is 2.62 bits per heavy atom. The van der Waals surface area contributed by atoms with E-state index in [0.717, 1.165) is 15.7 Å². The van der Waals surface area contributed by atoms with Crippen molar-refractivity contribution in [3.63, 3.8) is 0 Å². The number of nitrogens with zero attached hydrogens (tertiary/aromatic N) is 1. The number of nitrogens with one attached hydrogen (secondary N) is 1. The number of halogens is 2. The van der Waals surface area contributed by atoms with Gasteiger partial charge in [0.1, 0.15) is 18.2 Å². The summed E-state index contributed by atoms with van der Waals surface area (Å²) in [4.78, 5) is 14.0. The number of hydrogen-bond donors (Lipinski definition) is 1. The van der Waals surface area contributed by atoms with Gasteiger partial charge in [0.15, 0.2) is 0 Å². The summed E-state index contributed by atoms with van der Waals surface area (Å²) in [5.41, 5.74) is 1.80. The number of anilines is 1. The molecule has 128 valence electrons. The van der Waals surface area contributed by atoms with Crippen LogP contribution in [-0.4, -0.2) is 37.6 Å². The zero-order chi connectivity index (χ0) is 17.5. The fraction of sp³-hybridized carbons (Fsp3) is 0.278. The monoisotopic (exact) mass is 394 g/mol. The first kappa shape index (κ1) is 18.4. The summed E-state index contributed by atoms with van der Waals surface area (Å²) in [5.74, 6) is 0.240. The van der Waals surface area contributed by atoms with Crippen molar-refractivity contribution in [3.8, 4) is 5.75 Å². The van der Waals surface area contributed by atoms with Crippen LogP contribution in [0.15, 0.2) is 46.9 Å². The van der Waals surface area contributed by atoms with Crippen molar-refractivity contribution in [2.45, 2.75) is 6.92 Å². The minimum Gasteiger partial charge on any atom is -0.492 e. The highest BCUT2D eigenvalue weighted by atomic mass is 79.9. The van der Waals surface area contributed by atoms with Gasteiger partial charge in [0, 0.05) is 16.7 Å². The van der Waals surface area contributed by atoms with E-state index in [4.69, 9.17) is 4.74 Å². The fourth-order valence-corrected chi connectivity index (χ4v) is 2.61. The van der Waals surface area contributed by atoms with Crippen molar-refractivity contribution in [2.24, 2.45) is 0 Å². The van der Waals surface area contributed by atoms with Gasteiger partial charge in [-0.2, -0.15) is 0 Å². The number of carbonyl (C=O) groups is 1. The van der Waals surface area contributed by atoms with E-state index in [1.165, 1.54) is 12.1 Å². The third kappa shape index (κ3) is 5.94. The van der Waals surface area contributed by atoms with Gasteiger partial charge in [-0.05, 0) is 62.0 Å². The van der Waals surface area contributed by atoms with Gasteiger partial charge >= 0.3 is 0 Å². The number of rotatable bonds is 7. The van der Waals surface area contributed by atoms with E-state index in [-0.39, 0.29) is 18.3 Å². The van der Waals surface area contributed by atoms with Crippen LogP contribution in [0.5, 0.6) is 5.75 Å². The van der Waals surface area contributed by atoms with Crippen LogP contribution in [0.3, 0.4) is 0 Å². The normalized spacial score (nSPS) is 10.7. The van der Waals surface area contributed by atoms with Crippen molar-refractivity contribution < 1.29 is 13.9 Å². The summed E-state index contributed by atoms with van der Waals surface area (Å²) >= 11 is 3.40. The van der Waals surface area contributed by atoms with Gasteiger partial charge in [-0.1, -0.05) is 15.9 Å². The molecule has 0 fully saturated rings. The van der Waals surface area contributed by atoms with Gasteiger partial charge in [-0.3, -0.25) is 9.69 Å². The zero-order valence-corrected chi connectivity index (χ0v) is 15.3. The van der Waals surface area contributed by atoms with Crippen LogP contribution >= 0.6 is 15.9 Å². The molecule has 2 aromatic rings. The Morgan fingerprint density at radius 2 is 1.96 bits per heavy atom. The second kappa shape index (κ2) is 8.80. The quantitative estimate of drug-likeness (QED) is 0.775. The van der Waals surface area contributed by atoms with Crippen LogP contribution in [0, 0.1) is 12.7 Å². The Morgan fingerprint density at radius 1 is 1.25 bits per heavy atom. The first-order chi connectivity index (χ1) is 11.4. The molecule has 0 aliphatic rings. The maximum atomic E-state index is 12.8. The summed E-state index contributed by atoms with van der Waals surface area (Å²) < 4.78 is 19.3. The molecule has 0 unspecified atom stereocenters. The Labute approximate surface area is 149 Å². The Kier molecular flexibility index (Phi) is 6.75. The van der Waals surface area contributed by atoms with Gasteiger partial charge < -0.3 is 10.1 Å². The van der Waals surface area contributed by atoms with Crippen LogP contribution in [0.1, 0.15) is 5.56 Å². The molecule has 0 aliphatic carbocycles. The minimum absolute atomic E-state index is 0.0790. The van der Waals surface area contributed by atoms with Crippen molar-refractivity contribution >= 4 is 27.5 Å². The average molecular weight is 395 g/mol. The first-order valence-electron chi connectivity index (χ1n) is 7.57. The lowest BCUT2D eigenvalue weighted by atomic mass is 10.2. The predicted molar refractivity (Wildman–Crippen MR) is 96.9 cm³/mol. The zero-order valence-electron chi connectivity index (χ0n) is 13.7. The molecule has 4 nitrogen and oxygen atoms in total. The van der Waals surface area contributed by atoms with Crippen LogP contribution in [0.2, 0.25) is 0 Å². The summed E-state index contributed by atoms with van der Waals surface area (Å²) in [6.45, 7) is 3.22. The summed E-state index contributed by atoms with van der Waals surface area (Å²) in [5, 5.41) is 2.90. The number of amides is 1. The summed E-state index contributed by atoms with van der Waals surface area (Å²) in [7, 11) is 1.85. The molecule has 2 rings (SSSR count). The van der Waals surface area contributed by atoms with E-state index in [0.29, 0.717) is 18.9 Å². The van der Waals surface area contributed by atoms with Crippen LogP contribution in [-0.2, 0) is 4.79 Å². The highest BCUT2D eigenvalue weighted by Gasteiger charge is 2.09. The third-order valence-corrected chi connectivity index (χ3v) is 3.92. The van der Waals surface area contributed by atoms with Gasteiger partial charge in [-0.25, -0.2) is 4.39 Å². The van der Waals surface area contributed by atoms with Crippen molar-refractivity contribution in [2.75, 3.05) is 32.1 Å². The second-order valence-corrected chi connectivity index (χ2v) is 6.46.